The molecule has 4 rings (SSSR count). The van der Waals surface area contributed by atoms with Crippen molar-refractivity contribution in [2.45, 2.75) is 25.7 Å². The Morgan fingerprint density at radius 1 is 1.04 bits per heavy atom. The summed E-state index contributed by atoms with van der Waals surface area (Å²) >= 11 is 0. The summed E-state index contributed by atoms with van der Waals surface area (Å²) in [4.78, 5) is 27.7. The Kier molecular flexibility index (Phi) is 4.02. The maximum atomic E-state index is 12.4. The Labute approximate surface area is 150 Å². The van der Waals surface area contributed by atoms with Gasteiger partial charge in [0.25, 0.3) is 11.5 Å². The van der Waals surface area contributed by atoms with Crippen molar-refractivity contribution in [2.75, 3.05) is 5.32 Å². The Morgan fingerprint density at radius 2 is 1.77 bits per heavy atom. The molecule has 128 valence electrons. The van der Waals surface area contributed by atoms with Crippen molar-refractivity contribution in [2.24, 2.45) is 0 Å². The molecular formula is C21H17N3O2. The van der Waals surface area contributed by atoms with Crippen molar-refractivity contribution in [3.05, 3.63) is 75.1 Å². The zero-order valence-electron chi connectivity index (χ0n) is 14.1. The molecule has 1 heterocycles. The van der Waals surface area contributed by atoms with Crippen LogP contribution in [0.25, 0.3) is 10.9 Å². The summed E-state index contributed by atoms with van der Waals surface area (Å²) in [5, 5.41) is 12.7. The number of H-pyrrole nitrogens is 1. The van der Waals surface area contributed by atoms with Gasteiger partial charge in [-0.05, 0) is 67.6 Å². The lowest BCUT2D eigenvalue weighted by atomic mass is 9.90. The number of rotatable bonds is 2. The van der Waals surface area contributed by atoms with E-state index in [2.05, 4.69) is 10.3 Å². The SMILES string of the molecule is N#Cc1ccc(C(=O)Nc2ccc3c4c(c(=O)[nH]c3c2)CCCC4)cc1. The molecule has 0 spiro atoms. The third-order valence-electron chi connectivity index (χ3n) is 4.87. The quantitative estimate of drug-likeness (QED) is 0.746. The molecule has 1 amide bonds. The molecule has 3 aromatic rings. The lowest BCUT2D eigenvalue weighted by molar-refractivity contribution is 0.102. The van der Waals surface area contributed by atoms with Gasteiger partial charge >= 0.3 is 0 Å². The number of fused-ring (bicyclic) bond motifs is 3. The summed E-state index contributed by atoms with van der Waals surface area (Å²) in [6, 6.07) is 14.1. The fraction of sp³-hybridized carbons (Fsp3) is 0.190. The number of aromatic amines is 1. The second kappa shape index (κ2) is 6.49. The third kappa shape index (κ3) is 2.86. The zero-order valence-corrected chi connectivity index (χ0v) is 14.1. The summed E-state index contributed by atoms with van der Waals surface area (Å²) in [6.45, 7) is 0. The van der Waals surface area contributed by atoms with Gasteiger partial charge in [-0.15, -0.1) is 0 Å². The van der Waals surface area contributed by atoms with E-state index in [4.69, 9.17) is 5.26 Å². The number of amides is 1. The predicted octanol–water partition coefficient (Wildman–Crippen LogP) is 3.53. The summed E-state index contributed by atoms with van der Waals surface area (Å²) in [5.74, 6) is -0.255. The molecule has 0 bridgehead atoms. The van der Waals surface area contributed by atoms with Crippen molar-refractivity contribution in [1.29, 1.82) is 5.26 Å². The van der Waals surface area contributed by atoms with Crippen molar-refractivity contribution < 1.29 is 4.79 Å². The van der Waals surface area contributed by atoms with Gasteiger partial charge in [-0.1, -0.05) is 6.07 Å². The lowest BCUT2D eigenvalue weighted by Crippen LogP contribution is -2.19. The van der Waals surface area contributed by atoms with Gasteiger partial charge in [0, 0.05) is 22.2 Å². The molecule has 0 aliphatic heterocycles. The van der Waals surface area contributed by atoms with E-state index in [-0.39, 0.29) is 11.5 Å². The van der Waals surface area contributed by atoms with E-state index in [1.165, 1.54) is 0 Å². The highest BCUT2D eigenvalue weighted by Gasteiger charge is 2.16. The molecule has 1 aliphatic rings. The molecule has 5 nitrogen and oxygen atoms in total. The van der Waals surface area contributed by atoms with Gasteiger partial charge in [-0.25, -0.2) is 0 Å². The molecule has 0 radical (unpaired) electrons. The van der Waals surface area contributed by atoms with Crippen molar-refractivity contribution in [3.8, 4) is 6.07 Å². The van der Waals surface area contributed by atoms with E-state index in [0.29, 0.717) is 16.8 Å². The third-order valence-corrected chi connectivity index (χ3v) is 4.87. The minimum atomic E-state index is -0.255. The molecule has 1 aromatic heterocycles. The number of pyridine rings is 1. The molecular weight excluding hydrogens is 326 g/mol. The average Bonchev–Trinajstić information content (AvgIpc) is 2.68. The van der Waals surface area contributed by atoms with Crippen LogP contribution in [0.5, 0.6) is 0 Å². The number of nitrogens with one attached hydrogen (secondary N) is 2. The molecule has 0 unspecified atom stereocenters. The minimum absolute atomic E-state index is 0.0252. The second-order valence-corrected chi connectivity index (χ2v) is 6.52. The number of nitriles is 1. The van der Waals surface area contributed by atoms with Gasteiger partial charge < -0.3 is 10.3 Å². The smallest absolute Gasteiger partial charge is 0.255 e. The largest absolute Gasteiger partial charge is 0.322 e. The van der Waals surface area contributed by atoms with Crippen LogP contribution in [0.15, 0.2) is 47.3 Å². The molecule has 1 aliphatic carbocycles. The van der Waals surface area contributed by atoms with Crippen LogP contribution in [0.3, 0.4) is 0 Å². The van der Waals surface area contributed by atoms with Gasteiger partial charge in [0.05, 0.1) is 17.1 Å². The fourth-order valence-electron chi connectivity index (χ4n) is 3.54. The highest BCUT2D eigenvalue weighted by molar-refractivity contribution is 6.05. The topological polar surface area (TPSA) is 85.8 Å². The predicted molar refractivity (Wildman–Crippen MR) is 100 cm³/mol. The number of hydrogen-bond acceptors (Lipinski definition) is 3. The molecule has 26 heavy (non-hydrogen) atoms. The van der Waals surface area contributed by atoms with Gasteiger partial charge in [-0.2, -0.15) is 5.26 Å². The van der Waals surface area contributed by atoms with Crippen molar-refractivity contribution >= 4 is 22.5 Å². The number of nitrogens with zero attached hydrogens (tertiary/aromatic N) is 1. The molecule has 0 atom stereocenters. The Hall–Kier alpha value is -3.39. The molecule has 2 aromatic carbocycles. The number of benzene rings is 2. The summed E-state index contributed by atoms with van der Waals surface area (Å²) < 4.78 is 0. The van der Waals surface area contributed by atoms with Gasteiger partial charge in [0.1, 0.15) is 0 Å². The summed E-state index contributed by atoms with van der Waals surface area (Å²) in [7, 11) is 0. The van der Waals surface area contributed by atoms with Gasteiger partial charge in [0.15, 0.2) is 0 Å². The zero-order chi connectivity index (χ0) is 18.1. The second-order valence-electron chi connectivity index (χ2n) is 6.52. The number of hydrogen-bond donors (Lipinski definition) is 2. The minimum Gasteiger partial charge on any atom is -0.322 e. The van der Waals surface area contributed by atoms with Gasteiger partial charge in [0.2, 0.25) is 0 Å². The number of anilines is 1. The first-order valence-electron chi connectivity index (χ1n) is 8.65. The maximum absolute atomic E-state index is 12.4. The van der Waals surface area contributed by atoms with Crippen LogP contribution >= 0.6 is 0 Å². The Bertz CT molecular complexity index is 1110. The summed E-state index contributed by atoms with van der Waals surface area (Å²) in [5.41, 5.74) is 4.37. The number of aromatic nitrogens is 1. The molecule has 2 N–H and O–H groups in total. The first-order valence-corrected chi connectivity index (χ1v) is 8.65. The van der Waals surface area contributed by atoms with Crippen molar-refractivity contribution in [1.82, 2.24) is 4.98 Å². The van der Waals surface area contributed by atoms with Gasteiger partial charge in [-0.3, -0.25) is 9.59 Å². The Balaban J connectivity index is 1.66. The standard InChI is InChI=1S/C21H17N3O2/c22-12-13-5-7-14(8-6-13)20(25)23-15-9-10-17-16-3-1-2-4-18(16)21(26)24-19(17)11-15/h5-11H,1-4H2,(H,23,25)(H,24,26). The molecule has 0 saturated heterocycles. The van der Waals surface area contributed by atoms with Crippen LogP contribution in [0.2, 0.25) is 0 Å². The first kappa shape index (κ1) is 16.1. The van der Waals surface area contributed by atoms with E-state index in [1.54, 1.807) is 30.3 Å². The highest BCUT2D eigenvalue weighted by Crippen LogP contribution is 2.27. The monoisotopic (exact) mass is 343 g/mol. The fourth-order valence-corrected chi connectivity index (χ4v) is 3.54. The normalized spacial score (nSPS) is 13.0. The first-order chi connectivity index (χ1) is 12.7. The van der Waals surface area contributed by atoms with E-state index in [1.807, 2.05) is 18.2 Å². The number of carbonyl (C=O) groups excluding carboxylic acids is 1. The van der Waals surface area contributed by atoms with Crippen molar-refractivity contribution in [3.63, 3.8) is 0 Å². The number of carbonyl (C=O) groups is 1. The highest BCUT2D eigenvalue weighted by atomic mass is 16.1. The lowest BCUT2D eigenvalue weighted by Gasteiger charge is -2.17. The van der Waals surface area contributed by atoms with E-state index in [9.17, 15) is 9.59 Å². The number of aryl methyl sites for hydroxylation is 1. The van der Waals surface area contributed by atoms with Crippen LogP contribution in [0, 0.1) is 11.3 Å². The Morgan fingerprint density at radius 3 is 2.50 bits per heavy atom. The molecule has 0 saturated carbocycles. The molecule has 0 fully saturated rings. The van der Waals surface area contributed by atoms with Crippen LogP contribution in [0.1, 0.15) is 39.9 Å². The maximum Gasteiger partial charge on any atom is 0.255 e. The van der Waals surface area contributed by atoms with E-state index < -0.39 is 0 Å². The summed E-state index contributed by atoms with van der Waals surface area (Å²) in [6.07, 6.45) is 3.91. The van der Waals surface area contributed by atoms with Crippen LogP contribution in [-0.4, -0.2) is 10.9 Å². The van der Waals surface area contributed by atoms with E-state index >= 15 is 0 Å². The average molecular weight is 343 g/mol. The van der Waals surface area contributed by atoms with Crippen LogP contribution in [0.4, 0.5) is 5.69 Å². The van der Waals surface area contributed by atoms with E-state index in [0.717, 1.165) is 47.7 Å². The van der Waals surface area contributed by atoms with Crippen LogP contribution < -0.4 is 10.9 Å². The van der Waals surface area contributed by atoms with Crippen LogP contribution in [-0.2, 0) is 12.8 Å². The molecule has 5 heteroatoms.